The summed E-state index contributed by atoms with van der Waals surface area (Å²) >= 11 is 0. The van der Waals surface area contributed by atoms with Crippen molar-refractivity contribution in [2.24, 2.45) is 5.90 Å². The second-order valence-electron chi connectivity index (χ2n) is 3.47. The molecule has 0 aliphatic carbocycles. The maximum Gasteiger partial charge on any atom is 0.132 e. The molecule has 0 spiro atoms. The minimum absolute atomic E-state index is 0.179. The van der Waals surface area contributed by atoms with E-state index < -0.39 is 0 Å². The van der Waals surface area contributed by atoms with Crippen molar-refractivity contribution in [2.75, 3.05) is 0 Å². The first-order chi connectivity index (χ1) is 7.27. The first-order valence-electron chi connectivity index (χ1n) is 5.20. The maximum absolute atomic E-state index is 11.2. The van der Waals surface area contributed by atoms with Crippen LogP contribution >= 0.6 is 0 Å². The first kappa shape index (κ1) is 11.9. The van der Waals surface area contributed by atoms with Gasteiger partial charge in [-0.05, 0) is 12.0 Å². The van der Waals surface area contributed by atoms with Gasteiger partial charge in [-0.25, -0.2) is 5.90 Å². The van der Waals surface area contributed by atoms with E-state index in [0.717, 1.165) is 5.56 Å². The molecule has 1 aromatic carbocycles. The minimum Gasteiger partial charge on any atom is -0.300 e. The van der Waals surface area contributed by atoms with Gasteiger partial charge in [0, 0.05) is 12.8 Å². The molecule has 0 bridgehead atoms. The number of carbonyl (C=O) groups excluding carboxylic acids is 1. The highest BCUT2D eigenvalue weighted by atomic mass is 16.6. The Balaban J connectivity index is 2.53. The smallest absolute Gasteiger partial charge is 0.132 e. The predicted molar refractivity (Wildman–Crippen MR) is 59.0 cm³/mol. The Hall–Kier alpha value is -1.19. The lowest BCUT2D eigenvalue weighted by atomic mass is 10.0. The Kier molecular flexibility index (Phi) is 5.01. The lowest BCUT2D eigenvalue weighted by Crippen LogP contribution is -2.11. The molecule has 1 rings (SSSR count). The summed E-state index contributed by atoms with van der Waals surface area (Å²) in [5.74, 6) is 5.46. The molecule has 0 aliphatic rings. The highest BCUT2D eigenvalue weighted by Gasteiger charge is 2.12. The zero-order valence-electron chi connectivity index (χ0n) is 8.98. The third-order valence-electron chi connectivity index (χ3n) is 2.42. The molecule has 82 valence electrons. The van der Waals surface area contributed by atoms with E-state index in [4.69, 9.17) is 10.7 Å². The number of nitrogens with two attached hydrogens (primary N) is 1. The van der Waals surface area contributed by atoms with Crippen molar-refractivity contribution >= 4 is 5.78 Å². The minimum atomic E-state index is -0.179. The quantitative estimate of drug-likeness (QED) is 0.728. The van der Waals surface area contributed by atoms with Crippen molar-refractivity contribution in [3.05, 3.63) is 35.9 Å². The second kappa shape index (κ2) is 6.32. The fourth-order valence-electron chi connectivity index (χ4n) is 1.45. The van der Waals surface area contributed by atoms with E-state index in [1.165, 1.54) is 0 Å². The Bertz CT molecular complexity index is 298. The molecular weight excluding hydrogens is 190 g/mol. The van der Waals surface area contributed by atoms with E-state index in [1.807, 2.05) is 37.3 Å². The average Bonchev–Trinajstić information content (AvgIpc) is 2.31. The number of carbonyl (C=O) groups is 1. The summed E-state index contributed by atoms with van der Waals surface area (Å²) in [5.41, 5.74) is 1.02. The van der Waals surface area contributed by atoms with Gasteiger partial charge >= 0.3 is 0 Å². The summed E-state index contributed by atoms with van der Waals surface area (Å²) in [7, 11) is 0. The van der Waals surface area contributed by atoms with Crippen LogP contribution in [0, 0.1) is 0 Å². The van der Waals surface area contributed by atoms with Crippen LogP contribution in [0.1, 0.15) is 37.9 Å². The Labute approximate surface area is 90.2 Å². The SMILES string of the molecule is CCC(=O)CCC(ON)c1ccccc1. The number of hydrogen-bond acceptors (Lipinski definition) is 3. The number of hydrogen-bond donors (Lipinski definition) is 1. The lowest BCUT2D eigenvalue weighted by molar-refractivity contribution is -0.119. The summed E-state index contributed by atoms with van der Waals surface area (Å²) < 4.78 is 0. The van der Waals surface area contributed by atoms with Gasteiger partial charge in [0.05, 0.1) is 0 Å². The normalized spacial score (nSPS) is 12.4. The van der Waals surface area contributed by atoms with Crippen LogP contribution in [0.15, 0.2) is 30.3 Å². The Morgan fingerprint density at radius 2 is 2.07 bits per heavy atom. The van der Waals surface area contributed by atoms with E-state index in [1.54, 1.807) is 0 Å². The van der Waals surface area contributed by atoms with Crippen LogP contribution in [0.25, 0.3) is 0 Å². The topological polar surface area (TPSA) is 52.3 Å². The van der Waals surface area contributed by atoms with Crippen LogP contribution in [0.2, 0.25) is 0 Å². The van der Waals surface area contributed by atoms with Crippen molar-refractivity contribution in [1.82, 2.24) is 0 Å². The van der Waals surface area contributed by atoms with Crippen LogP contribution in [0.3, 0.4) is 0 Å². The molecule has 0 saturated heterocycles. The highest BCUT2D eigenvalue weighted by Crippen LogP contribution is 2.20. The number of Topliss-reactive ketones (excluding diaryl/α,β-unsaturated/α-hetero) is 1. The molecule has 0 heterocycles. The summed E-state index contributed by atoms with van der Waals surface area (Å²) in [6.45, 7) is 1.86. The zero-order chi connectivity index (χ0) is 11.1. The number of rotatable bonds is 6. The van der Waals surface area contributed by atoms with Crippen LogP contribution in [-0.4, -0.2) is 5.78 Å². The van der Waals surface area contributed by atoms with E-state index in [9.17, 15) is 4.79 Å². The van der Waals surface area contributed by atoms with Crippen molar-refractivity contribution in [3.63, 3.8) is 0 Å². The molecule has 0 saturated carbocycles. The summed E-state index contributed by atoms with van der Waals surface area (Å²) in [6, 6.07) is 9.71. The Morgan fingerprint density at radius 3 is 2.60 bits per heavy atom. The molecule has 0 fully saturated rings. The van der Waals surface area contributed by atoms with E-state index in [2.05, 4.69) is 0 Å². The summed E-state index contributed by atoms with van der Waals surface area (Å²) in [4.78, 5) is 16.0. The van der Waals surface area contributed by atoms with Gasteiger partial charge in [0.2, 0.25) is 0 Å². The molecule has 0 aromatic heterocycles. The van der Waals surface area contributed by atoms with Crippen LogP contribution < -0.4 is 5.90 Å². The number of ketones is 1. The van der Waals surface area contributed by atoms with E-state index >= 15 is 0 Å². The van der Waals surface area contributed by atoms with Crippen molar-refractivity contribution in [2.45, 2.75) is 32.3 Å². The van der Waals surface area contributed by atoms with Gasteiger partial charge in [0.15, 0.2) is 0 Å². The largest absolute Gasteiger partial charge is 0.300 e. The van der Waals surface area contributed by atoms with Crippen LogP contribution in [-0.2, 0) is 9.63 Å². The fraction of sp³-hybridized carbons (Fsp3) is 0.417. The predicted octanol–water partition coefficient (Wildman–Crippen LogP) is 2.38. The summed E-state index contributed by atoms with van der Waals surface area (Å²) in [5, 5.41) is 0. The molecule has 1 unspecified atom stereocenters. The van der Waals surface area contributed by atoms with Crippen LogP contribution in [0.4, 0.5) is 0 Å². The standard InChI is InChI=1S/C12H17NO2/c1-2-11(14)8-9-12(15-13)10-6-4-3-5-7-10/h3-7,12H,2,8-9,13H2,1H3. The van der Waals surface area contributed by atoms with Gasteiger partial charge in [-0.15, -0.1) is 0 Å². The highest BCUT2D eigenvalue weighted by molar-refractivity contribution is 5.77. The van der Waals surface area contributed by atoms with Gasteiger partial charge in [0.25, 0.3) is 0 Å². The molecular formula is C12H17NO2. The number of benzene rings is 1. The monoisotopic (exact) mass is 207 g/mol. The van der Waals surface area contributed by atoms with Crippen molar-refractivity contribution in [3.8, 4) is 0 Å². The average molecular weight is 207 g/mol. The molecule has 2 N–H and O–H groups in total. The van der Waals surface area contributed by atoms with Gasteiger partial charge in [0.1, 0.15) is 11.9 Å². The molecule has 3 heteroatoms. The van der Waals surface area contributed by atoms with Gasteiger partial charge in [-0.1, -0.05) is 37.3 Å². The van der Waals surface area contributed by atoms with Crippen molar-refractivity contribution in [1.29, 1.82) is 0 Å². The van der Waals surface area contributed by atoms with Gasteiger partial charge < -0.3 is 0 Å². The molecule has 1 atom stereocenters. The van der Waals surface area contributed by atoms with E-state index in [0.29, 0.717) is 19.3 Å². The summed E-state index contributed by atoms with van der Waals surface area (Å²) in [6.07, 6.45) is 1.56. The zero-order valence-corrected chi connectivity index (χ0v) is 8.98. The van der Waals surface area contributed by atoms with Gasteiger partial charge in [-0.2, -0.15) is 0 Å². The third-order valence-corrected chi connectivity index (χ3v) is 2.42. The fourth-order valence-corrected chi connectivity index (χ4v) is 1.45. The second-order valence-corrected chi connectivity index (χ2v) is 3.47. The van der Waals surface area contributed by atoms with Crippen molar-refractivity contribution < 1.29 is 9.63 Å². The molecule has 3 nitrogen and oxygen atoms in total. The molecule has 0 amide bonds. The molecule has 0 aliphatic heterocycles. The third kappa shape index (κ3) is 3.81. The van der Waals surface area contributed by atoms with Gasteiger partial charge in [-0.3, -0.25) is 9.63 Å². The first-order valence-corrected chi connectivity index (χ1v) is 5.20. The molecule has 1 aromatic rings. The molecule has 0 radical (unpaired) electrons. The Morgan fingerprint density at radius 1 is 1.40 bits per heavy atom. The molecule has 15 heavy (non-hydrogen) atoms. The van der Waals surface area contributed by atoms with Crippen LogP contribution in [0.5, 0.6) is 0 Å². The van der Waals surface area contributed by atoms with E-state index in [-0.39, 0.29) is 11.9 Å². The maximum atomic E-state index is 11.2. The lowest BCUT2D eigenvalue weighted by Gasteiger charge is -2.13.